The summed E-state index contributed by atoms with van der Waals surface area (Å²) in [6.07, 6.45) is 0. The number of halogens is 1. The van der Waals surface area contributed by atoms with Crippen molar-refractivity contribution in [3.05, 3.63) is 54.6 Å². The van der Waals surface area contributed by atoms with Crippen molar-refractivity contribution in [1.29, 1.82) is 0 Å². The van der Waals surface area contributed by atoms with E-state index in [4.69, 9.17) is 5.73 Å². The van der Waals surface area contributed by atoms with E-state index in [1.807, 2.05) is 42.5 Å². The van der Waals surface area contributed by atoms with Crippen molar-refractivity contribution in [2.75, 3.05) is 10.6 Å². The molecule has 94 valence electrons. The zero-order valence-electron chi connectivity index (χ0n) is 9.59. The molecule has 0 heterocycles. The van der Waals surface area contributed by atoms with Gasteiger partial charge in [-0.05, 0) is 36.4 Å². The summed E-state index contributed by atoms with van der Waals surface area (Å²) in [6, 6.07) is 16.6. The third-order valence-electron chi connectivity index (χ3n) is 2.21. The molecule has 0 aromatic heterocycles. The Bertz CT molecular complexity index is 499. The van der Waals surface area contributed by atoms with Gasteiger partial charge in [0.05, 0.1) is 0 Å². The Labute approximate surface area is 112 Å². The van der Waals surface area contributed by atoms with Crippen LogP contribution in [-0.4, -0.2) is 6.03 Å². The number of anilines is 3. The smallest absolute Gasteiger partial charge is 0.316 e. The second kappa shape index (κ2) is 6.51. The fraction of sp³-hybridized carbons (Fsp3) is 0. The highest BCUT2D eigenvalue weighted by Crippen LogP contribution is 2.18. The lowest BCUT2D eigenvalue weighted by atomic mass is 10.2. The summed E-state index contributed by atoms with van der Waals surface area (Å²) < 4.78 is 0. The molecule has 4 nitrogen and oxygen atoms in total. The van der Waals surface area contributed by atoms with Crippen molar-refractivity contribution in [3.63, 3.8) is 0 Å². The number of para-hydroxylation sites is 1. The fourth-order valence-electron chi connectivity index (χ4n) is 1.47. The first-order chi connectivity index (χ1) is 8.24. The molecule has 0 saturated heterocycles. The van der Waals surface area contributed by atoms with Crippen LogP contribution in [0.4, 0.5) is 21.9 Å². The van der Waals surface area contributed by atoms with Crippen molar-refractivity contribution in [1.82, 2.24) is 0 Å². The number of nitrogens with one attached hydrogen (secondary N) is 2. The van der Waals surface area contributed by atoms with Gasteiger partial charge < -0.3 is 16.4 Å². The van der Waals surface area contributed by atoms with Gasteiger partial charge in [0.2, 0.25) is 0 Å². The predicted molar refractivity (Wildman–Crippen MR) is 76.6 cm³/mol. The summed E-state index contributed by atoms with van der Waals surface area (Å²) in [7, 11) is 0. The van der Waals surface area contributed by atoms with Gasteiger partial charge >= 0.3 is 6.03 Å². The molecule has 0 atom stereocenters. The lowest BCUT2D eigenvalue weighted by Gasteiger charge is -2.07. The predicted octanol–water partition coefficient (Wildman–Crippen LogP) is 3.34. The van der Waals surface area contributed by atoms with Crippen LogP contribution < -0.4 is 16.4 Å². The number of nitrogens with two attached hydrogens (primary N) is 1. The third kappa shape index (κ3) is 3.99. The Hall–Kier alpha value is -2.20. The van der Waals surface area contributed by atoms with Crippen molar-refractivity contribution < 1.29 is 4.79 Å². The maximum absolute atomic E-state index is 10.6. The molecule has 18 heavy (non-hydrogen) atoms. The van der Waals surface area contributed by atoms with Crippen molar-refractivity contribution in [2.24, 2.45) is 5.73 Å². The normalized spacial score (nSPS) is 9.11. The van der Waals surface area contributed by atoms with E-state index < -0.39 is 6.03 Å². The molecular formula is C13H14ClN3O. The summed E-state index contributed by atoms with van der Waals surface area (Å²) in [6.45, 7) is 0. The molecule has 0 radical (unpaired) electrons. The van der Waals surface area contributed by atoms with Gasteiger partial charge in [-0.25, -0.2) is 4.79 Å². The molecule has 5 heteroatoms. The molecule has 0 spiro atoms. The quantitative estimate of drug-likeness (QED) is 0.795. The highest BCUT2D eigenvalue weighted by molar-refractivity contribution is 5.88. The van der Waals surface area contributed by atoms with Crippen LogP contribution in [0.5, 0.6) is 0 Å². The van der Waals surface area contributed by atoms with E-state index in [0.717, 1.165) is 11.4 Å². The van der Waals surface area contributed by atoms with Gasteiger partial charge in [0.1, 0.15) is 0 Å². The topological polar surface area (TPSA) is 67.2 Å². The van der Waals surface area contributed by atoms with Crippen LogP contribution in [0.3, 0.4) is 0 Å². The largest absolute Gasteiger partial charge is 0.356 e. The second-order valence-corrected chi connectivity index (χ2v) is 3.56. The molecule has 0 saturated carbocycles. The van der Waals surface area contributed by atoms with Gasteiger partial charge in [0, 0.05) is 17.1 Å². The van der Waals surface area contributed by atoms with Crippen LogP contribution in [0.1, 0.15) is 0 Å². The molecule has 0 unspecified atom stereocenters. The summed E-state index contributed by atoms with van der Waals surface area (Å²) >= 11 is 0. The lowest BCUT2D eigenvalue weighted by molar-refractivity contribution is 0.259. The van der Waals surface area contributed by atoms with Crippen molar-refractivity contribution in [3.8, 4) is 0 Å². The zero-order chi connectivity index (χ0) is 12.1. The first kappa shape index (κ1) is 13.9. The van der Waals surface area contributed by atoms with E-state index >= 15 is 0 Å². The van der Waals surface area contributed by atoms with Crippen LogP contribution in [0.15, 0.2) is 54.6 Å². The van der Waals surface area contributed by atoms with Gasteiger partial charge in [0.15, 0.2) is 0 Å². The number of benzene rings is 2. The Kier molecular flexibility index (Phi) is 5.02. The highest BCUT2D eigenvalue weighted by Gasteiger charge is 1.97. The van der Waals surface area contributed by atoms with E-state index in [2.05, 4.69) is 10.6 Å². The SMILES string of the molecule is Cl.NC(=O)Nc1ccc(Nc2ccccc2)cc1. The number of carbonyl (C=O) groups excluding carboxylic acids is 1. The van der Waals surface area contributed by atoms with Gasteiger partial charge in [-0.3, -0.25) is 0 Å². The van der Waals surface area contributed by atoms with Gasteiger partial charge in [-0.2, -0.15) is 0 Å². The van der Waals surface area contributed by atoms with Crippen LogP contribution in [0, 0.1) is 0 Å². The van der Waals surface area contributed by atoms with E-state index in [9.17, 15) is 4.79 Å². The molecule has 2 aromatic rings. The number of hydrogen-bond acceptors (Lipinski definition) is 2. The monoisotopic (exact) mass is 263 g/mol. The molecule has 0 fully saturated rings. The number of carbonyl (C=O) groups is 1. The number of hydrogen-bond donors (Lipinski definition) is 3. The maximum Gasteiger partial charge on any atom is 0.316 e. The summed E-state index contributed by atoms with van der Waals surface area (Å²) in [5, 5.41) is 5.75. The molecule has 0 aliphatic heterocycles. The Balaban J connectivity index is 0.00000162. The van der Waals surface area contributed by atoms with Gasteiger partial charge in [-0.15, -0.1) is 12.4 Å². The van der Waals surface area contributed by atoms with Crippen molar-refractivity contribution >= 4 is 35.5 Å². The summed E-state index contributed by atoms with van der Waals surface area (Å²) in [5.41, 5.74) is 7.66. The van der Waals surface area contributed by atoms with Crippen LogP contribution in [0.25, 0.3) is 0 Å². The first-order valence-electron chi connectivity index (χ1n) is 5.22. The molecule has 0 aliphatic rings. The Morgan fingerprint density at radius 3 is 1.89 bits per heavy atom. The summed E-state index contributed by atoms with van der Waals surface area (Å²) in [4.78, 5) is 10.6. The molecule has 0 bridgehead atoms. The fourth-order valence-corrected chi connectivity index (χ4v) is 1.47. The molecule has 2 rings (SSSR count). The Morgan fingerprint density at radius 1 is 0.833 bits per heavy atom. The van der Waals surface area contributed by atoms with Gasteiger partial charge in [-0.1, -0.05) is 18.2 Å². The van der Waals surface area contributed by atoms with E-state index in [1.54, 1.807) is 12.1 Å². The molecule has 0 aliphatic carbocycles. The number of amides is 2. The van der Waals surface area contributed by atoms with E-state index in [-0.39, 0.29) is 12.4 Å². The molecule has 2 aromatic carbocycles. The van der Waals surface area contributed by atoms with Crippen molar-refractivity contribution in [2.45, 2.75) is 0 Å². The number of primary amides is 1. The van der Waals surface area contributed by atoms with Crippen LogP contribution >= 0.6 is 12.4 Å². The number of urea groups is 1. The minimum Gasteiger partial charge on any atom is -0.356 e. The maximum atomic E-state index is 10.6. The first-order valence-corrected chi connectivity index (χ1v) is 5.22. The zero-order valence-corrected chi connectivity index (χ0v) is 10.4. The highest BCUT2D eigenvalue weighted by atomic mass is 35.5. The number of rotatable bonds is 3. The lowest BCUT2D eigenvalue weighted by Crippen LogP contribution is -2.19. The molecule has 2 amide bonds. The molecule has 4 N–H and O–H groups in total. The molecular weight excluding hydrogens is 250 g/mol. The van der Waals surface area contributed by atoms with Gasteiger partial charge in [0.25, 0.3) is 0 Å². The summed E-state index contributed by atoms with van der Waals surface area (Å²) in [5.74, 6) is 0. The van der Waals surface area contributed by atoms with Crippen LogP contribution in [0.2, 0.25) is 0 Å². The minimum absolute atomic E-state index is 0. The Morgan fingerprint density at radius 2 is 1.33 bits per heavy atom. The standard InChI is InChI=1S/C13H13N3O.ClH/c14-13(17)16-12-8-6-11(7-9-12)15-10-4-2-1-3-5-10;/h1-9,15H,(H3,14,16,17);1H. The van der Waals surface area contributed by atoms with E-state index in [0.29, 0.717) is 5.69 Å². The van der Waals surface area contributed by atoms with Crippen LogP contribution in [-0.2, 0) is 0 Å². The third-order valence-corrected chi connectivity index (χ3v) is 2.21. The second-order valence-electron chi connectivity index (χ2n) is 3.56. The average Bonchev–Trinajstić information content (AvgIpc) is 2.32. The average molecular weight is 264 g/mol. The van der Waals surface area contributed by atoms with E-state index in [1.165, 1.54) is 0 Å². The minimum atomic E-state index is -0.561.